The van der Waals surface area contributed by atoms with E-state index in [0.717, 1.165) is 0 Å². The topological polar surface area (TPSA) is 114 Å². The van der Waals surface area contributed by atoms with Crippen molar-refractivity contribution in [2.24, 2.45) is 0 Å². The molecule has 30 heavy (non-hydrogen) atoms. The molecular weight excluding hydrogens is 386 g/mol. The summed E-state index contributed by atoms with van der Waals surface area (Å²) in [7, 11) is 0. The minimum atomic E-state index is -0.816. The minimum Gasteiger partial charge on any atom is -0.459 e. The van der Waals surface area contributed by atoms with E-state index in [1.807, 2.05) is 0 Å². The number of nitrogens with zero attached hydrogens (tertiary/aromatic N) is 1. The second-order valence-corrected chi connectivity index (χ2v) is 6.49. The lowest BCUT2D eigenvalue weighted by atomic mass is 10.1. The molecule has 8 nitrogen and oxygen atoms in total. The largest absolute Gasteiger partial charge is 0.459 e. The maximum Gasteiger partial charge on any atom is 0.340 e. The van der Waals surface area contributed by atoms with Gasteiger partial charge in [-0.2, -0.15) is 0 Å². The van der Waals surface area contributed by atoms with Crippen LogP contribution in [0.1, 0.15) is 39.8 Å². The van der Waals surface area contributed by atoms with Gasteiger partial charge in [-0.25, -0.2) is 9.78 Å². The van der Waals surface area contributed by atoms with Gasteiger partial charge in [0.2, 0.25) is 0 Å². The number of benzene rings is 2. The van der Waals surface area contributed by atoms with E-state index in [2.05, 4.69) is 15.3 Å². The fourth-order valence-electron chi connectivity index (χ4n) is 2.94. The second kappa shape index (κ2) is 8.04. The zero-order chi connectivity index (χ0) is 21.1. The fourth-order valence-corrected chi connectivity index (χ4v) is 2.94. The number of H-pyrrole nitrogens is 1. The van der Waals surface area contributed by atoms with Gasteiger partial charge < -0.3 is 19.5 Å². The van der Waals surface area contributed by atoms with E-state index in [4.69, 9.17) is 9.15 Å². The number of anilines is 1. The molecule has 2 N–H and O–H groups in total. The molecule has 150 valence electrons. The molecule has 2 aromatic heterocycles. The molecule has 0 radical (unpaired) electrons. The van der Waals surface area contributed by atoms with Crippen molar-refractivity contribution in [3.05, 3.63) is 94.4 Å². The standard InChI is InChI=1S/C22H17N3O5/c1-13(19-23-16-9-4-2-7-14(16)20(26)25-19)30-22(28)15-8-3-5-10-17(15)24-21(27)18-11-6-12-29-18/h2-13H,1H3,(H,24,27)(H,23,25,26)/t13-/m0/s1. The van der Waals surface area contributed by atoms with Crippen molar-refractivity contribution in [3.8, 4) is 0 Å². The van der Waals surface area contributed by atoms with Gasteiger partial charge >= 0.3 is 5.97 Å². The summed E-state index contributed by atoms with van der Waals surface area (Å²) in [5.74, 6) is -0.823. The van der Waals surface area contributed by atoms with Crippen LogP contribution in [0.2, 0.25) is 0 Å². The number of esters is 1. The number of hydrogen-bond acceptors (Lipinski definition) is 6. The SMILES string of the molecule is C[C@H](OC(=O)c1ccccc1NC(=O)c1ccco1)c1nc2ccccc2c(=O)[nH]1. The van der Waals surface area contributed by atoms with Crippen molar-refractivity contribution in [2.75, 3.05) is 5.32 Å². The molecule has 0 aliphatic heterocycles. The average Bonchev–Trinajstić information content (AvgIpc) is 3.29. The molecule has 0 saturated carbocycles. The summed E-state index contributed by atoms with van der Waals surface area (Å²) in [5.41, 5.74) is 0.623. The normalized spacial score (nSPS) is 11.8. The van der Waals surface area contributed by atoms with Crippen LogP contribution < -0.4 is 10.9 Å². The molecule has 0 saturated heterocycles. The minimum absolute atomic E-state index is 0.115. The summed E-state index contributed by atoms with van der Waals surface area (Å²) in [5, 5.41) is 3.08. The molecule has 4 aromatic rings. The predicted octanol–water partition coefficient (Wildman–Crippen LogP) is 3.69. The van der Waals surface area contributed by atoms with E-state index in [-0.39, 0.29) is 28.4 Å². The lowest BCUT2D eigenvalue weighted by Crippen LogP contribution is -2.19. The molecule has 1 atom stereocenters. The van der Waals surface area contributed by atoms with Crippen molar-refractivity contribution in [1.82, 2.24) is 9.97 Å². The van der Waals surface area contributed by atoms with Crippen LogP contribution >= 0.6 is 0 Å². The fraction of sp³-hybridized carbons (Fsp3) is 0.0909. The molecule has 2 aromatic carbocycles. The molecule has 0 fully saturated rings. The maximum atomic E-state index is 12.7. The zero-order valence-corrected chi connectivity index (χ0v) is 15.9. The third-order valence-electron chi connectivity index (χ3n) is 4.44. The first-order valence-corrected chi connectivity index (χ1v) is 9.17. The first-order valence-electron chi connectivity index (χ1n) is 9.17. The van der Waals surface area contributed by atoms with Crippen LogP contribution in [0.4, 0.5) is 5.69 Å². The predicted molar refractivity (Wildman–Crippen MR) is 109 cm³/mol. The molecule has 0 aliphatic rings. The van der Waals surface area contributed by atoms with Gasteiger partial charge in [-0.1, -0.05) is 24.3 Å². The van der Waals surface area contributed by atoms with Gasteiger partial charge in [-0.05, 0) is 43.3 Å². The van der Waals surface area contributed by atoms with Crippen LogP contribution in [0.15, 0.2) is 76.1 Å². The molecule has 0 spiro atoms. The number of nitrogens with one attached hydrogen (secondary N) is 2. The van der Waals surface area contributed by atoms with E-state index < -0.39 is 18.0 Å². The van der Waals surface area contributed by atoms with Crippen molar-refractivity contribution in [1.29, 1.82) is 0 Å². The number of amides is 1. The first kappa shape index (κ1) is 19.1. The number of fused-ring (bicyclic) bond motifs is 1. The summed E-state index contributed by atoms with van der Waals surface area (Å²) in [6, 6.07) is 16.4. The average molecular weight is 403 g/mol. The lowest BCUT2D eigenvalue weighted by Gasteiger charge is -2.15. The number of hydrogen-bond donors (Lipinski definition) is 2. The smallest absolute Gasteiger partial charge is 0.340 e. The van der Waals surface area contributed by atoms with Crippen molar-refractivity contribution >= 4 is 28.5 Å². The number of furan rings is 1. The highest BCUT2D eigenvalue weighted by molar-refractivity contribution is 6.06. The number of aromatic nitrogens is 2. The highest BCUT2D eigenvalue weighted by Gasteiger charge is 2.20. The Morgan fingerprint density at radius 2 is 1.83 bits per heavy atom. The first-order chi connectivity index (χ1) is 14.5. The Kier molecular flexibility index (Phi) is 5.13. The second-order valence-electron chi connectivity index (χ2n) is 6.49. The summed E-state index contributed by atoms with van der Waals surface area (Å²) in [6.45, 7) is 1.61. The summed E-state index contributed by atoms with van der Waals surface area (Å²) < 4.78 is 10.6. The van der Waals surface area contributed by atoms with Gasteiger partial charge in [0.1, 0.15) is 0 Å². The van der Waals surface area contributed by atoms with Gasteiger partial charge in [0.05, 0.1) is 28.4 Å². The van der Waals surface area contributed by atoms with Crippen LogP contribution in [-0.2, 0) is 4.74 Å². The Balaban J connectivity index is 1.56. The Bertz CT molecular complexity index is 1280. The number of aromatic amines is 1. The van der Waals surface area contributed by atoms with Crippen molar-refractivity contribution in [3.63, 3.8) is 0 Å². The Morgan fingerprint density at radius 1 is 1.07 bits per heavy atom. The molecule has 0 bridgehead atoms. The number of carbonyl (C=O) groups excluding carboxylic acids is 2. The van der Waals surface area contributed by atoms with Gasteiger partial charge in [-0.15, -0.1) is 0 Å². The highest BCUT2D eigenvalue weighted by atomic mass is 16.5. The Hall–Kier alpha value is -4.20. The third-order valence-corrected chi connectivity index (χ3v) is 4.44. The van der Waals surface area contributed by atoms with E-state index in [1.165, 1.54) is 18.4 Å². The lowest BCUT2D eigenvalue weighted by molar-refractivity contribution is 0.0321. The van der Waals surface area contributed by atoms with Crippen LogP contribution in [0.25, 0.3) is 10.9 Å². The molecule has 2 heterocycles. The zero-order valence-electron chi connectivity index (χ0n) is 15.9. The Morgan fingerprint density at radius 3 is 2.63 bits per heavy atom. The molecule has 0 unspecified atom stereocenters. The monoisotopic (exact) mass is 403 g/mol. The van der Waals surface area contributed by atoms with Gasteiger partial charge in [0.25, 0.3) is 11.5 Å². The number of ether oxygens (including phenoxy) is 1. The van der Waals surface area contributed by atoms with Crippen LogP contribution in [-0.4, -0.2) is 21.8 Å². The quantitative estimate of drug-likeness (QED) is 0.491. The molecule has 0 aliphatic carbocycles. The Labute approximate surface area is 170 Å². The number of rotatable bonds is 5. The van der Waals surface area contributed by atoms with Gasteiger partial charge in [0.15, 0.2) is 17.7 Å². The summed E-state index contributed by atoms with van der Waals surface area (Å²) in [6.07, 6.45) is 0.567. The third kappa shape index (κ3) is 3.83. The number of para-hydroxylation sites is 2. The van der Waals surface area contributed by atoms with E-state index in [9.17, 15) is 14.4 Å². The van der Waals surface area contributed by atoms with Crippen molar-refractivity contribution < 1.29 is 18.7 Å². The van der Waals surface area contributed by atoms with E-state index >= 15 is 0 Å². The molecule has 1 amide bonds. The summed E-state index contributed by atoms with van der Waals surface area (Å²) >= 11 is 0. The molecule has 4 rings (SSSR count). The van der Waals surface area contributed by atoms with Crippen molar-refractivity contribution in [2.45, 2.75) is 13.0 Å². The van der Waals surface area contributed by atoms with E-state index in [1.54, 1.807) is 55.5 Å². The molecular formula is C22H17N3O5. The molecule has 8 heteroatoms. The van der Waals surface area contributed by atoms with Crippen LogP contribution in [0, 0.1) is 0 Å². The van der Waals surface area contributed by atoms with Gasteiger partial charge in [-0.3, -0.25) is 9.59 Å². The maximum absolute atomic E-state index is 12.7. The van der Waals surface area contributed by atoms with Gasteiger partial charge in [0, 0.05) is 0 Å². The highest BCUT2D eigenvalue weighted by Crippen LogP contribution is 2.21. The van der Waals surface area contributed by atoms with Crippen LogP contribution in [0.5, 0.6) is 0 Å². The number of carbonyl (C=O) groups is 2. The summed E-state index contributed by atoms with van der Waals surface area (Å²) in [4.78, 5) is 44.3. The van der Waals surface area contributed by atoms with E-state index in [0.29, 0.717) is 10.9 Å². The van der Waals surface area contributed by atoms with Crippen LogP contribution in [0.3, 0.4) is 0 Å².